The number of aliphatic hydroxyl groups is 1. The Labute approximate surface area is 93.5 Å². The summed E-state index contributed by atoms with van der Waals surface area (Å²) in [6.45, 7) is 8.79. The zero-order valence-corrected chi connectivity index (χ0v) is 10.7. The summed E-state index contributed by atoms with van der Waals surface area (Å²) in [6, 6.07) is 0. The minimum atomic E-state index is -0.331. The normalized spacial score (nSPS) is 13.7. The van der Waals surface area contributed by atoms with Gasteiger partial charge in [-0.1, -0.05) is 20.8 Å². The van der Waals surface area contributed by atoms with Crippen molar-refractivity contribution < 1.29 is 9.90 Å². The summed E-state index contributed by atoms with van der Waals surface area (Å²) >= 11 is 0. The maximum Gasteiger partial charge on any atom is 0.222 e. The molecule has 0 aromatic heterocycles. The van der Waals surface area contributed by atoms with Crippen molar-refractivity contribution in [3.8, 4) is 0 Å². The molecule has 0 aliphatic carbocycles. The van der Waals surface area contributed by atoms with Gasteiger partial charge >= 0.3 is 0 Å². The van der Waals surface area contributed by atoms with Gasteiger partial charge < -0.3 is 10.0 Å². The summed E-state index contributed by atoms with van der Waals surface area (Å²) in [4.78, 5) is 13.4. The predicted molar refractivity (Wildman–Crippen MR) is 62.6 cm³/mol. The van der Waals surface area contributed by atoms with Gasteiger partial charge in [0.15, 0.2) is 0 Å². The van der Waals surface area contributed by atoms with Gasteiger partial charge in [0.25, 0.3) is 0 Å². The van der Waals surface area contributed by atoms with Crippen LogP contribution in [0.2, 0.25) is 0 Å². The van der Waals surface area contributed by atoms with Crippen LogP contribution in [0.5, 0.6) is 0 Å². The van der Waals surface area contributed by atoms with Crippen molar-refractivity contribution in [2.24, 2.45) is 5.41 Å². The Kier molecular flexibility index (Phi) is 5.88. The standard InChI is InChI=1S/C12H25NO2/c1-10(14)7-9-13(5)11(15)6-8-12(2,3)4/h10,14H,6-9H2,1-5H3. The molecular weight excluding hydrogens is 190 g/mol. The number of nitrogens with zero attached hydrogens (tertiary/aromatic N) is 1. The minimum Gasteiger partial charge on any atom is -0.393 e. The summed E-state index contributed by atoms with van der Waals surface area (Å²) in [5.41, 5.74) is 0.209. The van der Waals surface area contributed by atoms with E-state index in [4.69, 9.17) is 5.11 Å². The zero-order chi connectivity index (χ0) is 12.1. The van der Waals surface area contributed by atoms with Crippen LogP contribution in [0.25, 0.3) is 0 Å². The van der Waals surface area contributed by atoms with Gasteiger partial charge in [-0.05, 0) is 25.2 Å². The molecule has 0 bridgehead atoms. The maximum absolute atomic E-state index is 11.6. The molecule has 1 amide bonds. The fraction of sp³-hybridized carbons (Fsp3) is 0.917. The molecule has 0 fully saturated rings. The molecule has 0 radical (unpaired) electrons. The fourth-order valence-corrected chi connectivity index (χ4v) is 1.18. The van der Waals surface area contributed by atoms with Crippen LogP contribution in [-0.4, -0.2) is 35.6 Å². The van der Waals surface area contributed by atoms with E-state index in [1.165, 1.54) is 0 Å². The van der Waals surface area contributed by atoms with Crippen LogP contribution in [0.1, 0.15) is 47.0 Å². The van der Waals surface area contributed by atoms with E-state index in [0.717, 1.165) is 6.42 Å². The molecule has 1 unspecified atom stereocenters. The van der Waals surface area contributed by atoms with E-state index in [0.29, 0.717) is 19.4 Å². The Hall–Kier alpha value is -0.570. The number of amides is 1. The number of hydrogen-bond acceptors (Lipinski definition) is 2. The Morgan fingerprint density at radius 3 is 2.33 bits per heavy atom. The summed E-state index contributed by atoms with van der Waals surface area (Å²) < 4.78 is 0. The molecule has 0 aromatic rings. The van der Waals surface area contributed by atoms with Crippen molar-refractivity contribution in [1.29, 1.82) is 0 Å². The van der Waals surface area contributed by atoms with Gasteiger partial charge in [0, 0.05) is 20.0 Å². The van der Waals surface area contributed by atoms with Crippen molar-refractivity contribution in [1.82, 2.24) is 4.90 Å². The first kappa shape index (κ1) is 14.4. The monoisotopic (exact) mass is 215 g/mol. The average Bonchev–Trinajstić information content (AvgIpc) is 2.08. The van der Waals surface area contributed by atoms with E-state index < -0.39 is 0 Å². The van der Waals surface area contributed by atoms with E-state index in [9.17, 15) is 4.79 Å². The highest BCUT2D eigenvalue weighted by molar-refractivity contribution is 5.75. The molecule has 90 valence electrons. The van der Waals surface area contributed by atoms with Gasteiger partial charge in [-0.15, -0.1) is 0 Å². The van der Waals surface area contributed by atoms with Crippen LogP contribution in [-0.2, 0) is 4.79 Å². The van der Waals surface area contributed by atoms with Gasteiger partial charge in [0.1, 0.15) is 0 Å². The smallest absolute Gasteiger partial charge is 0.222 e. The summed E-state index contributed by atoms with van der Waals surface area (Å²) in [7, 11) is 1.80. The average molecular weight is 215 g/mol. The van der Waals surface area contributed by atoms with E-state index in [1.54, 1.807) is 18.9 Å². The van der Waals surface area contributed by atoms with Gasteiger partial charge in [0.05, 0.1) is 6.10 Å². The molecule has 1 atom stereocenters. The molecule has 0 rings (SSSR count). The van der Waals surface area contributed by atoms with Gasteiger partial charge in [-0.2, -0.15) is 0 Å². The lowest BCUT2D eigenvalue weighted by Gasteiger charge is -2.21. The lowest BCUT2D eigenvalue weighted by Crippen LogP contribution is -2.30. The van der Waals surface area contributed by atoms with Crippen molar-refractivity contribution >= 4 is 5.91 Å². The molecule has 0 aromatic carbocycles. The predicted octanol–water partition coefficient (Wildman–Crippen LogP) is 2.04. The lowest BCUT2D eigenvalue weighted by atomic mass is 9.90. The first-order valence-corrected chi connectivity index (χ1v) is 5.64. The van der Waals surface area contributed by atoms with Crippen LogP contribution in [0, 0.1) is 5.41 Å². The Balaban J connectivity index is 3.80. The molecule has 15 heavy (non-hydrogen) atoms. The highest BCUT2D eigenvalue weighted by Crippen LogP contribution is 2.20. The molecule has 0 saturated carbocycles. The molecule has 0 heterocycles. The van der Waals surface area contributed by atoms with Crippen LogP contribution in [0.15, 0.2) is 0 Å². The van der Waals surface area contributed by atoms with Crippen LogP contribution < -0.4 is 0 Å². The van der Waals surface area contributed by atoms with E-state index >= 15 is 0 Å². The first-order valence-electron chi connectivity index (χ1n) is 5.64. The van der Waals surface area contributed by atoms with Gasteiger partial charge in [0.2, 0.25) is 5.91 Å². The third-order valence-corrected chi connectivity index (χ3v) is 2.40. The number of carbonyl (C=O) groups is 1. The van der Waals surface area contributed by atoms with Crippen molar-refractivity contribution in [2.75, 3.05) is 13.6 Å². The second-order valence-electron chi connectivity index (χ2n) is 5.51. The molecule has 1 N–H and O–H groups in total. The molecule has 0 aliphatic heterocycles. The summed E-state index contributed by atoms with van der Waals surface area (Å²) in [5, 5.41) is 9.10. The topological polar surface area (TPSA) is 40.5 Å². The number of carbonyl (C=O) groups excluding carboxylic acids is 1. The van der Waals surface area contributed by atoms with Crippen molar-refractivity contribution in [3.05, 3.63) is 0 Å². The highest BCUT2D eigenvalue weighted by Gasteiger charge is 2.15. The van der Waals surface area contributed by atoms with Crippen LogP contribution in [0.3, 0.4) is 0 Å². The Morgan fingerprint density at radius 2 is 1.93 bits per heavy atom. The number of hydrogen-bond donors (Lipinski definition) is 1. The second kappa shape index (κ2) is 6.11. The SMILES string of the molecule is CC(O)CCN(C)C(=O)CCC(C)(C)C. The van der Waals surface area contributed by atoms with Crippen LogP contribution >= 0.6 is 0 Å². The molecule has 0 aliphatic rings. The summed E-state index contributed by atoms with van der Waals surface area (Å²) in [6.07, 6.45) is 1.82. The molecular formula is C12H25NO2. The van der Waals surface area contributed by atoms with E-state index in [-0.39, 0.29) is 17.4 Å². The lowest BCUT2D eigenvalue weighted by molar-refractivity contribution is -0.130. The van der Waals surface area contributed by atoms with Gasteiger partial charge in [-0.25, -0.2) is 0 Å². The van der Waals surface area contributed by atoms with Crippen molar-refractivity contribution in [3.63, 3.8) is 0 Å². The maximum atomic E-state index is 11.6. The first-order chi connectivity index (χ1) is 6.72. The van der Waals surface area contributed by atoms with E-state index in [1.807, 2.05) is 0 Å². The van der Waals surface area contributed by atoms with Crippen molar-refractivity contribution in [2.45, 2.75) is 53.1 Å². The number of aliphatic hydroxyl groups excluding tert-OH is 1. The molecule has 0 saturated heterocycles. The minimum absolute atomic E-state index is 0.172. The molecule has 3 heteroatoms. The van der Waals surface area contributed by atoms with Crippen LogP contribution in [0.4, 0.5) is 0 Å². The Bertz CT molecular complexity index is 194. The largest absolute Gasteiger partial charge is 0.393 e. The quantitative estimate of drug-likeness (QED) is 0.762. The summed E-state index contributed by atoms with van der Waals surface area (Å²) in [5.74, 6) is 0.172. The van der Waals surface area contributed by atoms with Gasteiger partial charge in [-0.3, -0.25) is 4.79 Å². The van der Waals surface area contributed by atoms with E-state index in [2.05, 4.69) is 20.8 Å². The second-order valence-corrected chi connectivity index (χ2v) is 5.51. The third kappa shape index (κ3) is 8.43. The molecule has 3 nitrogen and oxygen atoms in total. The number of rotatable bonds is 5. The highest BCUT2D eigenvalue weighted by atomic mass is 16.3. The third-order valence-electron chi connectivity index (χ3n) is 2.40. The fourth-order valence-electron chi connectivity index (χ4n) is 1.18. The Morgan fingerprint density at radius 1 is 1.40 bits per heavy atom. The molecule has 0 spiro atoms. The zero-order valence-electron chi connectivity index (χ0n) is 10.7.